The summed E-state index contributed by atoms with van der Waals surface area (Å²) in [6, 6.07) is 0.146. The molecule has 0 radical (unpaired) electrons. The van der Waals surface area contributed by atoms with Gasteiger partial charge in [-0.2, -0.15) is 5.10 Å². The maximum absolute atomic E-state index is 13.1. The number of rotatable bonds is 1. The Kier molecular flexibility index (Phi) is 4.23. The third-order valence-electron chi connectivity index (χ3n) is 4.87. The van der Waals surface area contributed by atoms with Crippen LogP contribution in [0.15, 0.2) is 6.20 Å². The van der Waals surface area contributed by atoms with Gasteiger partial charge in [0.05, 0.1) is 35.5 Å². The van der Waals surface area contributed by atoms with E-state index in [2.05, 4.69) is 37.8 Å². The number of amides is 1. The topological polar surface area (TPSA) is 50.6 Å². The van der Waals surface area contributed by atoms with Gasteiger partial charge in [0.25, 0.3) is 5.91 Å². The molecule has 0 N–H and O–H groups in total. The molecule has 2 saturated heterocycles. The van der Waals surface area contributed by atoms with Gasteiger partial charge in [0.15, 0.2) is 0 Å². The normalized spacial score (nSPS) is 26.2. The molecule has 3 heterocycles. The van der Waals surface area contributed by atoms with Crippen LogP contribution in [0.1, 0.15) is 43.2 Å². The monoisotopic (exact) mass is 320 g/mol. The van der Waals surface area contributed by atoms with Crippen molar-refractivity contribution >= 4 is 5.91 Å². The molecule has 6 nitrogen and oxygen atoms in total. The van der Waals surface area contributed by atoms with Gasteiger partial charge in [-0.25, -0.2) is 0 Å². The Hall–Kier alpha value is -1.40. The average molecular weight is 320 g/mol. The minimum absolute atomic E-state index is 0.0894. The molecule has 2 aliphatic rings. The third-order valence-corrected chi connectivity index (χ3v) is 4.87. The van der Waals surface area contributed by atoms with Gasteiger partial charge in [0.1, 0.15) is 0 Å². The smallest absolute Gasteiger partial charge is 0.257 e. The van der Waals surface area contributed by atoms with Gasteiger partial charge in [-0.1, -0.05) is 0 Å². The zero-order valence-electron chi connectivity index (χ0n) is 14.9. The number of hydrogen-bond donors (Lipinski definition) is 0. The van der Waals surface area contributed by atoms with Gasteiger partial charge in [-0.3, -0.25) is 9.48 Å². The molecule has 0 spiro atoms. The summed E-state index contributed by atoms with van der Waals surface area (Å²) >= 11 is 0. The van der Waals surface area contributed by atoms with Gasteiger partial charge in [-0.05, 0) is 41.2 Å². The van der Waals surface area contributed by atoms with E-state index in [0.717, 1.165) is 25.2 Å². The summed E-state index contributed by atoms with van der Waals surface area (Å²) in [5, 5.41) is 4.54. The highest BCUT2D eigenvalue weighted by molar-refractivity contribution is 5.95. The molecule has 0 saturated carbocycles. The summed E-state index contributed by atoms with van der Waals surface area (Å²) < 4.78 is 7.78. The van der Waals surface area contributed by atoms with Gasteiger partial charge < -0.3 is 14.5 Å². The summed E-state index contributed by atoms with van der Waals surface area (Å²) in [6.07, 6.45) is 3.06. The zero-order valence-corrected chi connectivity index (χ0v) is 14.9. The van der Waals surface area contributed by atoms with Gasteiger partial charge in [0, 0.05) is 25.8 Å². The lowest BCUT2D eigenvalue weighted by Gasteiger charge is -2.46. The number of likely N-dealkylation sites (tertiary alicyclic amines) is 1. The van der Waals surface area contributed by atoms with Gasteiger partial charge >= 0.3 is 0 Å². The van der Waals surface area contributed by atoms with E-state index in [1.165, 1.54) is 0 Å². The van der Waals surface area contributed by atoms with E-state index in [1.54, 1.807) is 0 Å². The fraction of sp³-hybridized carbons (Fsp3) is 0.765. The first-order valence-corrected chi connectivity index (χ1v) is 8.45. The van der Waals surface area contributed by atoms with Crippen LogP contribution >= 0.6 is 0 Å². The molecule has 1 aromatic heterocycles. The second kappa shape index (κ2) is 5.91. The summed E-state index contributed by atoms with van der Waals surface area (Å²) in [5.41, 5.74) is 1.40. The maximum Gasteiger partial charge on any atom is 0.257 e. The fourth-order valence-electron chi connectivity index (χ4n) is 3.45. The molecule has 0 bridgehead atoms. The molecule has 0 aliphatic carbocycles. The van der Waals surface area contributed by atoms with Crippen molar-refractivity contribution in [1.82, 2.24) is 19.6 Å². The van der Waals surface area contributed by atoms with Crippen molar-refractivity contribution in [2.75, 3.05) is 33.3 Å². The standard InChI is InChI=1S/C17H28N4O2/c1-12-13(10-21(18-12)17(2,3)4)16(22)20-8-9-23-15-6-7-19(5)11-14(15)20/h10,14-15H,6-9,11H2,1-5H3/t14-,15+/m1/s1. The van der Waals surface area contributed by atoms with E-state index < -0.39 is 0 Å². The maximum atomic E-state index is 13.1. The number of ether oxygens (including phenoxy) is 1. The van der Waals surface area contributed by atoms with Crippen molar-refractivity contribution in [2.45, 2.75) is 51.8 Å². The van der Waals surface area contributed by atoms with Crippen LogP contribution in [-0.2, 0) is 10.3 Å². The van der Waals surface area contributed by atoms with Crippen LogP contribution in [-0.4, -0.2) is 70.9 Å². The average Bonchev–Trinajstić information content (AvgIpc) is 2.88. The van der Waals surface area contributed by atoms with Gasteiger partial charge in [0.2, 0.25) is 0 Å². The van der Waals surface area contributed by atoms with E-state index in [-0.39, 0.29) is 23.6 Å². The highest BCUT2D eigenvalue weighted by Crippen LogP contribution is 2.25. The summed E-state index contributed by atoms with van der Waals surface area (Å²) in [5.74, 6) is 0.0894. The van der Waals surface area contributed by atoms with Crippen LogP contribution in [0.25, 0.3) is 0 Å². The zero-order chi connectivity index (χ0) is 16.8. The number of morpholine rings is 1. The largest absolute Gasteiger partial charge is 0.374 e. The van der Waals surface area contributed by atoms with E-state index in [0.29, 0.717) is 18.7 Å². The lowest BCUT2D eigenvalue weighted by Crippen LogP contribution is -2.60. The molecule has 0 aromatic carbocycles. The number of piperidine rings is 1. The Morgan fingerprint density at radius 3 is 2.74 bits per heavy atom. The number of aryl methyl sites for hydroxylation is 1. The molecule has 2 aliphatic heterocycles. The Labute approximate surface area is 138 Å². The predicted molar refractivity (Wildman–Crippen MR) is 88.6 cm³/mol. The quantitative estimate of drug-likeness (QED) is 0.787. The van der Waals surface area contributed by atoms with Crippen molar-refractivity contribution in [3.05, 3.63) is 17.5 Å². The number of carbonyl (C=O) groups excluding carboxylic acids is 1. The Morgan fingerprint density at radius 1 is 1.35 bits per heavy atom. The van der Waals surface area contributed by atoms with Crippen LogP contribution in [0.4, 0.5) is 0 Å². The number of nitrogens with zero attached hydrogens (tertiary/aromatic N) is 4. The molecule has 2 atom stereocenters. The predicted octanol–water partition coefficient (Wildman–Crippen LogP) is 1.49. The lowest BCUT2D eigenvalue weighted by atomic mass is 9.98. The minimum atomic E-state index is -0.123. The first kappa shape index (κ1) is 16.5. The van der Waals surface area contributed by atoms with Crippen LogP contribution in [0.5, 0.6) is 0 Å². The molecule has 6 heteroatoms. The van der Waals surface area contributed by atoms with Crippen molar-refractivity contribution < 1.29 is 9.53 Å². The van der Waals surface area contributed by atoms with E-state index in [4.69, 9.17) is 4.74 Å². The summed E-state index contributed by atoms with van der Waals surface area (Å²) in [7, 11) is 2.11. The first-order chi connectivity index (χ1) is 10.8. The van der Waals surface area contributed by atoms with Crippen molar-refractivity contribution in [3.63, 3.8) is 0 Å². The second-order valence-corrected chi connectivity index (χ2v) is 7.77. The Bertz CT molecular complexity index is 590. The van der Waals surface area contributed by atoms with E-state index >= 15 is 0 Å². The molecule has 128 valence electrons. The van der Waals surface area contributed by atoms with Crippen LogP contribution in [0.2, 0.25) is 0 Å². The van der Waals surface area contributed by atoms with Crippen molar-refractivity contribution in [3.8, 4) is 0 Å². The number of aromatic nitrogens is 2. The minimum Gasteiger partial charge on any atom is -0.374 e. The second-order valence-electron chi connectivity index (χ2n) is 7.77. The summed E-state index contributed by atoms with van der Waals surface area (Å²) in [6.45, 7) is 11.4. The molecule has 2 fully saturated rings. The highest BCUT2D eigenvalue weighted by atomic mass is 16.5. The molecular weight excluding hydrogens is 292 g/mol. The molecular formula is C17H28N4O2. The van der Waals surface area contributed by atoms with Crippen molar-refractivity contribution in [1.29, 1.82) is 0 Å². The SMILES string of the molecule is Cc1nn(C(C)(C)C)cc1C(=O)N1CCO[C@H]2CCN(C)C[C@H]21. The number of likely N-dealkylation sites (N-methyl/N-ethyl adjacent to an activating group) is 1. The number of carbonyl (C=O) groups is 1. The molecule has 3 rings (SSSR count). The number of fused-ring (bicyclic) bond motifs is 1. The molecule has 0 unspecified atom stereocenters. The molecule has 1 aromatic rings. The Morgan fingerprint density at radius 2 is 2.09 bits per heavy atom. The number of hydrogen-bond acceptors (Lipinski definition) is 4. The molecule has 23 heavy (non-hydrogen) atoms. The van der Waals surface area contributed by atoms with Crippen LogP contribution in [0.3, 0.4) is 0 Å². The third kappa shape index (κ3) is 3.15. The van der Waals surface area contributed by atoms with Crippen LogP contribution < -0.4 is 0 Å². The van der Waals surface area contributed by atoms with Crippen molar-refractivity contribution in [2.24, 2.45) is 0 Å². The first-order valence-electron chi connectivity index (χ1n) is 8.45. The molecule has 1 amide bonds. The van der Waals surface area contributed by atoms with E-state index in [9.17, 15) is 4.79 Å². The fourth-order valence-corrected chi connectivity index (χ4v) is 3.45. The lowest BCUT2D eigenvalue weighted by molar-refractivity contribution is -0.0870. The van der Waals surface area contributed by atoms with E-state index in [1.807, 2.05) is 22.7 Å². The summed E-state index contributed by atoms with van der Waals surface area (Å²) in [4.78, 5) is 17.4. The highest BCUT2D eigenvalue weighted by Gasteiger charge is 2.39. The Balaban J connectivity index is 1.86. The van der Waals surface area contributed by atoms with Crippen LogP contribution in [0, 0.1) is 6.92 Å². The van der Waals surface area contributed by atoms with Gasteiger partial charge in [-0.15, -0.1) is 0 Å².